The maximum Gasteiger partial charge on any atom is 0.338 e. The van der Waals surface area contributed by atoms with Crippen molar-refractivity contribution in [2.45, 2.75) is 16.5 Å². The third kappa shape index (κ3) is 4.26. The summed E-state index contributed by atoms with van der Waals surface area (Å²) >= 11 is 1.06. The molecule has 2 heterocycles. The Morgan fingerprint density at radius 2 is 2.06 bits per heavy atom. The second-order valence-corrected chi connectivity index (χ2v) is 7.78. The Labute approximate surface area is 181 Å². The lowest BCUT2D eigenvalue weighted by molar-refractivity contribution is -0.387. The van der Waals surface area contributed by atoms with Gasteiger partial charge in [-0.1, -0.05) is 18.2 Å². The molecule has 1 amide bonds. The molecule has 0 atom stereocenters. The molecule has 0 saturated carbocycles. The van der Waals surface area contributed by atoms with Crippen LogP contribution in [0.2, 0.25) is 0 Å². The maximum atomic E-state index is 12.5. The number of carbonyl (C=O) groups excluding carboxylic acids is 2. The van der Waals surface area contributed by atoms with E-state index >= 15 is 0 Å². The van der Waals surface area contributed by atoms with Crippen molar-refractivity contribution in [3.05, 3.63) is 70.0 Å². The van der Waals surface area contributed by atoms with E-state index in [2.05, 4.69) is 10.2 Å². The Morgan fingerprint density at radius 1 is 1.26 bits per heavy atom. The normalized spacial score (nSPS) is 12.5. The number of hydrogen-bond acceptors (Lipinski definition) is 8. The summed E-state index contributed by atoms with van der Waals surface area (Å²) in [6.07, 6.45) is 2.22. The molecule has 0 bridgehead atoms. The van der Waals surface area contributed by atoms with Crippen molar-refractivity contribution in [1.82, 2.24) is 14.8 Å². The molecule has 0 saturated heterocycles. The first kappa shape index (κ1) is 20.5. The van der Waals surface area contributed by atoms with Crippen LogP contribution < -0.4 is 4.90 Å². The number of amides is 1. The van der Waals surface area contributed by atoms with E-state index in [0.717, 1.165) is 35.5 Å². The minimum Gasteiger partial charge on any atom is -0.452 e. The number of nitrogens with zero attached hydrogens (tertiary/aromatic N) is 5. The maximum absolute atomic E-state index is 12.5. The van der Waals surface area contributed by atoms with Gasteiger partial charge >= 0.3 is 5.97 Å². The van der Waals surface area contributed by atoms with E-state index in [1.807, 2.05) is 24.3 Å². The predicted octanol–water partition coefficient (Wildman–Crippen LogP) is 2.62. The van der Waals surface area contributed by atoms with Gasteiger partial charge in [0.05, 0.1) is 15.4 Å². The Hall–Kier alpha value is -3.73. The van der Waals surface area contributed by atoms with E-state index < -0.39 is 17.5 Å². The number of carbonyl (C=O) groups is 2. The molecule has 0 spiro atoms. The topological polar surface area (TPSA) is 120 Å². The molecule has 31 heavy (non-hydrogen) atoms. The molecule has 2 aromatic carbocycles. The fourth-order valence-electron chi connectivity index (χ4n) is 3.22. The highest BCUT2D eigenvalue weighted by atomic mass is 32.2. The molecule has 11 heteroatoms. The SMILES string of the molecule is Cn1cnnc1Sc1ccc(C(=O)OCC(=O)N2CCc3ccccc32)cc1[N+](=O)[O-]. The van der Waals surface area contributed by atoms with Crippen molar-refractivity contribution < 1.29 is 19.2 Å². The first-order valence-corrected chi connectivity index (χ1v) is 10.1. The number of anilines is 1. The van der Waals surface area contributed by atoms with Crippen LogP contribution in [0.3, 0.4) is 0 Å². The van der Waals surface area contributed by atoms with Crippen molar-refractivity contribution in [3.63, 3.8) is 0 Å². The van der Waals surface area contributed by atoms with E-state index in [1.54, 1.807) is 16.5 Å². The third-order valence-electron chi connectivity index (χ3n) is 4.78. The van der Waals surface area contributed by atoms with Crippen molar-refractivity contribution in [2.24, 2.45) is 7.05 Å². The summed E-state index contributed by atoms with van der Waals surface area (Å²) in [6, 6.07) is 11.6. The molecule has 158 valence electrons. The molecule has 3 aromatic rings. The highest BCUT2D eigenvalue weighted by Crippen LogP contribution is 2.34. The van der Waals surface area contributed by atoms with Crippen molar-refractivity contribution in [2.75, 3.05) is 18.1 Å². The number of para-hydroxylation sites is 1. The summed E-state index contributed by atoms with van der Waals surface area (Å²) in [4.78, 5) is 37.7. The summed E-state index contributed by atoms with van der Waals surface area (Å²) in [6.45, 7) is 0.0750. The quantitative estimate of drug-likeness (QED) is 0.326. The molecule has 10 nitrogen and oxygen atoms in total. The molecule has 0 N–H and O–H groups in total. The lowest BCUT2D eigenvalue weighted by Gasteiger charge is -2.17. The van der Waals surface area contributed by atoms with Crippen molar-refractivity contribution in [3.8, 4) is 0 Å². The average molecular weight is 439 g/mol. The van der Waals surface area contributed by atoms with Crippen LogP contribution >= 0.6 is 11.8 Å². The van der Waals surface area contributed by atoms with Gasteiger partial charge in [0.2, 0.25) is 0 Å². The number of aryl methyl sites for hydroxylation is 1. The van der Waals surface area contributed by atoms with Crippen LogP contribution in [0, 0.1) is 10.1 Å². The molecule has 4 rings (SSSR count). The van der Waals surface area contributed by atoms with Gasteiger partial charge in [0.15, 0.2) is 11.8 Å². The number of rotatable bonds is 6. The molecule has 0 fully saturated rings. The van der Waals surface area contributed by atoms with Crippen LogP contribution in [0.4, 0.5) is 11.4 Å². The Kier molecular flexibility index (Phi) is 5.67. The summed E-state index contributed by atoms with van der Waals surface area (Å²) in [5.41, 5.74) is 1.60. The predicted molar refractivity (Wildman–Crippen MR) is 111 cm³/mol. The van der Waals surface area contributed by atoms with Crippen LogP contribution in [0.5, 0.6) is 0 Å². The van der Waals surface area contributed by atoms with Crippen LogP contribution in [0.25, 0.3) is 0 Å². The Balaban J connectivity index is 1.45. The standard InChI is InChI=1S/C20H17N5O5S/c1-23-12-21-22-20(23)31-17-7-6-14(10-16(17)25(28)29)19(27)30-11-18(26)24-9-8-13-4-2-3-5-15(13)24/h2-7,10,12H,8-9,11H2,1H3. The zero-order valence-electron chi connectivity index (χ0n) is 16.4. The third-order valence-corrected chi connectivity index (χ3v) is 5.89. The highest BCUT2D eigenvalue weighted by Gasteiger charge is 2.26. The summed E-state index contributed by atoms with van der Waals surface area (Å²) < 4.78 is 6.75. The van der Waals surface area contributed by atoms with Crippen molar-refractivity contribution in [1.29, 1.82) is 0 Å². The number of hydrogen-bond donors (Lipinski definition) is 0. The van der Waals surface area contributed by atoms with Gasteiger partial charge in [-0.15, -0.1) is 10.2 Å². The second-order valence-electron chi connectivity index (χ2n) is 6.77. The van der Waals surface area contributed by atoms with Crippen LogP contribution in [-0.4, -0.2) is 44.7 Å². The fourth-order valence-corrected chi connectivity index (χ4v) is 4.07. The second kappa shape index (κ2) is 8.56. The first-order chi connectivity index (χ1) is 14.9. The molecular formula is C20H17N5O5S. The van der Waals surface area contributed by atoms with Gasteiger partial charge in [0, 0.05) is 25.3 Å². The number of ether oxygens (including phenoxy) is 1. The number of nitro groups is 1. The molecule has 0 aliphatic carbocycles. The Bertz CT molecular complexity index is 1180. The molecule has 1 aliphatic heterocycles. The number of nitro benzene ring substituents is 1. The molecule has 0 radical (unpaired) electrons. The summed E-state index contributed by atoms with van der Waals surface area (Å²) in [7, 11) is 1.72. The monoisotopic (exact) mass is 439 g/mol. The van der Waals surface area contributed by atoms with Crippen LogP contribution in [0.1, 0.15) is 15.9 Å². The van der Waals surface area contributed by atoms with E-state index in [4.69, 9.17) is 4.74 Å². The van der Waals surface area contributed by atoms with Crippen LogP contribution in [0.15, 0.2) is 58.8 Å². The van der Waals surface area contributed by atoms with Gasteiger partial charge in [-0.05, 0) is 41.9 Å². The van der Waals surface area contributed by atoms with Gasteiger partial charge in [-0.25, -0.2) is 4.79 Å². The van der Waals surface area contributed by atoms with Gasteiger partial charge < -0.3 is 14.2 Å². The largest absolute Gasteiger partial charge is 0.452 e. The molecular weight excluding hydrogens is 422 g/mol. The van der Waals surface area contributed by atoms with Gasteiger partial charge in [-0.2, -0.15) is 0 Å². The summed E-state index contributed by atoms with van der Waals surface area (Å²) in [5.74, 6) is -1.15. The summed E-state index contributed by atoms with van der Waals surface area (Å²) in [5, 5.41) is 19.6. The average Bonchev–Trinajstić information content (AvgIpc) is 3.38. The molecule has 1 aliphatic rings. The number of esters is 1. The fraction of sp³-hybridized carbons (Fsp3) is 0.200. The van der Waals surface area contributed by atoms with Gasteiger partial charge in [-0.3, -0.25) is 14.9 Å². The first-order valence-electron chi connectivity index (χ1n) is 9.29. The van der Waals surface area contributed by atoms with Gasteiger partial charge in [0.25, 0.3) is 11.6 Å². The van der Waals surface area contributed by atoms with E-state index in [9.17, 15) is 19.7 Å². The minimum absolute atomic E-state index is 0.0105. The van der Waals surface area contributed by atoms with E-state index in [0.29, 0.717) is 16.6 Å². The highest BCUT2D eigenvalue weighted by molar-refractivity contribution is 7.99. The zero-order chi connectivity index (χ0) is 22.0. The lowest BCUT2D eigenvalue weighted by atomic mass is 10.2. The molecule has 1 aromatic heterocycles. The van der Waals surface area contributed by atoms with Crippen molar-refractivity contribution >= 4 is 35.0 Å². The van der Waals surface area contributed by atoms with Gasteiger partial charge in [0.1, 0.15) is 6.33 Å². The number of fused-ring (bicyclic) bond motifs is 1. The van der Waals surface area contributed by atoms with Crippen LogP contribution in [-0.2, 0) is 23.0 Å². The smallest absolute Gasteiger partial charge is 0.338 e. The minimum atomic E-state index is -0.806. The van der Waals surface area contributed by atoms with E-state index in [1.165, 1.54) is 18.5 Å². The molecule has 0 unspecified atom stereocenters. The lowest BCUT2D eigenvalue weighted by Crippen LogP contribution is -2.33. The number of aromatic nitrogens is 3. The zero-order valence-corrected chi connectivity index (χ0v) is 17.2. The Morgan fingerprint density at radius 3 is 2.81 bits per heavy atom. The number of benzene rings is 2. The van der Waals surface area contributed by atoms with E-state index in [-0.39, 0.29) is 17.2 Å².